The number of aliphatic carboxylic acids is 1. The minimum Gasteiger partial charge on any atom is -0.480 e. The van der Waals surface area contributed by atoms with Gasteiger partial charge >= 0.3 is 5.97 Å². The van der Waals surface area contributed by atoms with Crippen molar-refractivity contribution in [3.63, 3.8) is 0 Å². The van der Waals surface area contributed by atoms with Crippen LogP contribution in [0.5, 0.6) is 0 Å². The van der Waals surface area contributed by atoms with Gasteiger partial charge in [-0.1, -0.05) is 19.3 Å². The summed E-state index contributed by atoms with van der Waals surface area (Å²) in [6.07, 6.45) is 7.88. The van der Waals surface area contributed by atoms with Crippen molar-refractivity contribution in [1.29, 1.82) is 0 Å². The standard InChI is InChI=1S/C15H26N2O3/c18-14(19)10-16-9-12-5-4-8-17(11-12)15(20)13-6-2-1-3-7-13/h12-13,16H,1-11H2,(H,18,19). The van der Waals surface area contributed by atoms with E-state index in [1.54, 1.807) is 0 Å². The molecule has 1 unspecified atom stereocenters. The van der Waals surface area contributed by atoms with Crippen molar-refractivity contribution in [2.75, 3.05) is 26.2 Å². The lowest BCUT2D eigenvalue weighted by atomic mass is 9.87. The third-order valence-electron chi connectivity index (χ3n) is 4.49. The Kier molecular flexibility index (Phi) is 5.83. The first-order valence-electron chi connectivity index (χ1n) is 7.88. The van der Waals surface area contributed by atoms with Gasteiger partial charge in [-0.2, -0.15) is 0 Å². The molecule has 0 bridgehead atoms. The zero-order valence-electron chi connectivity index (χ0n) is 12.1. The van der Waals surface area contributed by atoms with Crippen LogP contribution in [-0.2, 0) is 9.59 Å². The predicted molar refractivity (Wildman–Crippen MR) is 76.4 cm³/mol. The largest absolute Gasteiger partial charge is 0.480 e. The first kappa shape index (κ1) is 15.3. The van der Waals surface area contributed by atoms with Gasteiger partial charge in [-0.3, -0.25) is 9.59 Å². The molecule has 1 aliphatic heterocycles. The molecular weight excluding hydrogens is 256 g/mol. The number of nitrogens with zero attached hydrogens (tertiary/aromatic N) is 1. The molecule has 2 rings (SSSR count). The number of carboxylic acid groups (broad SMARTS) is 1. The number of likely N-dealkylation sites (tertiary alicyclic amines) is 1. The highest BCUT2D eigenvalue weighted by molar-refractivity contribution is 5.79. The summed E-state index contributed by atoms with van der Waals surface area (Å²) in [7, 11) is 0. The summed E-state index contributed by atoms with van der Waals surface area (Å²) >= 11 is 0. The van der Waals surface area contributed by atoms with E-state index in [0.29, 0.717) is 18.4 Å². The molecule has 5 heteroatoms. The summed E-state index contributed by atoms with van der Waals surface area (Å²) in [6.45, 7) is 2.38. The van der Waals surface area contributed by atoms with Crippen LogP contribution in [-0.4, -0.2) is 48.1 Å². The normalized spacial score (nSPS) is 24.6. The SMILES string of the molecule is O=C(O)CNCC1CCCN(C(=O)C2CCCCC2)C1. The van der Waals surface area contributed by atoms with Gasteiger partial charge in [0, 0.05) is 25.6 Å². The van der Waals surface area contributed by atoms with Gasteiger partial charge in [0.05, 0.1) is 6.54 Å². The van der Waals surface area contributed by atoms with Gasteiger partial charge in [0.2, 0.25) is 5.91 Å². The average molecular weight is 282 g/mol. The highest BCUT2D eigenvalue weighted by Gasteiger charge is 2.29. The van der Waals surface area contributed by atoms with Crippen molar-refractivity contribution in [2.45, 2.75) is 44.9 Å². The number of amides is 1. The maximum atomic E-state index is 12.5. The molecule has 0 spiro atoms. The maximum Gasteiger partial charge on any atom is 0.317 e. The Morgan fingerprint density at radius 1 is 1.10 bits per heavy atom. The van der Waals surface area contributed by atoms with Crippen molar-refractivity contribution in [3.8, 4) is 0 Å². The smallest absolute Gasteiger partial charge is 0.317 e. The number of hydrogen-bond donors (Lipinski definition) is 2. The average Bonchev–Trinajstić information content (AvgIpc) is 2.47. The van der Waals surface area contributed by atoms with E-state index in [1.807, 2.05) is 4.90 Å². The van der Waals surface area contributed by atoms with E-state index >= 15 is 0 Å². The lowest BCUT2D eigenvalue weighted by molar-refractivity contribution is -0.139. The topological polar surface area (TPSA) is 69.6 Å². The Labute approximate surface area is 120 Å². The maximum absolute atomic E-state index is 12.5. The number of piperidine rings is 1. The van der Waals surface area contributed by atoms with E-state index < -0.39 is 5.97 Å². The molecular formula is C15H26N2O3. The molecule has 1 atom stereocenters. The van der Waals surface area contributed by atoms with Crippen LogP contribution < -0.4 is 5.32 Å². The molecule has 5 nitrogen and oxygen atoms in total. The summed E-state index contributed by atoms with van der Waals surface area (Å²) in [5, 5.41) is 11.6. The van der Waals surface area contributed by atoms with E-state index in [0.717, 1.165) is 38.8 Å². The molecule has 1 saturated heterocycles. The van der Waals surface area contributed by atoms with Crippen LogP contribution >= 0.6 is 0 Å². The van der Waals surface area contributed by atoms with E-state index in [4.69, 9.17) is 5.11 Å². The molecule has 0 aromatic rings. The molecule has 1 aliphatic carbocycles. The highest BCUT2D eigenvalue weighted by Crippen LogP contribution is 2.27. The highest BCUT2D eigenvalue weighted by atomic mass is 16.4. The monoisotopic (exact) mass is 282 g/mol. The minimum absolute atomic E-state index is 0.00702. The fourth-order valence-corrected chi connectivity index (χ4v) is 3.42. The Morgan fingerprint density at radius 2 is 1.85 bits per heavy atom. The van der Waals surface area contributed by atoms with Gasteiger partial charge in [0.1, 0.15) is 0 Å². The molecule has 0 radical (unpaired) electrons. The third kappa shape index (κ3) is 4.47. The molecule has 0 aromatic heterocycles. The molecule has 1 heterocycles. The van der Waals surface area contributed by atoms with Gasteiger partial charge in [-0.15, -0.1) is 0 Å². The van der Waals surface area contributed by atoms with E-state index in [9.17, 15) is 9.59 Å². The summed E-state index contributed by atoms with van der Waals surface area (Å²) in [6, 6.07) is 0. The van der Waals surface area contributed by atoms with Crippen molar-refractivity contribution in [2.24, 2.45) is 11.8 Å². The number of carboxylic acids is 1. The molecule has 0 aromatic carbocycles. The van der Waals surface area contributed by atoms with Crippen LogP contribution in [0.1, 0.15) is 44.9 Å². The first-order valence-corrected chi connectivity index (χ1v) is 7.88. The summed E-state index contributed by atoms with van der Waals surface area (Å²) in [4.78, 5) is 25.0. The Balaban J connectivity index is 1.77. The first-order chi connectivity index (χ1) is 9.66. The van der Waals surface area contributed by atoms with Crippen LogP contribution in [0.2, 0.25) is 0 Å². The van der Waals surface area contributed by atoms with Crippen molar-refractivity contribution >= 4 is 11.9 Å². The zero-order valence-corrected chi connectivity index (χ0v) is 12.1. The van der Waals surface area contributed by atoms with Crippen molar-refractivity contribution < 1.29 is 14.7 Å². The van der Waals surface area contributed by atoms with Crippen LogP contribution in [0, 0.1) is 11.8 Å². The number of rotatable bonds is 5. The Hall–Kier alpha value is -1.10. The van der Waals surface area contributed by atoms with Gasteiger partial charge < -0.3 is 15.3 Å². The fraction of sp³-hybridized carbons (Fsp3) is 0.867. The second-order valence-electron chi connectivity index (χ2n) is 6.15. The molecule has 114 valence electrons. The number of carbonyl (C=O) groups is 2. The molecule has 2 aliphatic rings. The summed E-state index contributed by atoms with van der Waals surface area (Å²) < 4.78 is 0. The fourth-order valence-electron chi connectivity index (χ4n) is 3.42. The lowest BCUT2D eigenvalue weighted by Crippen LogP contribution is -2.46. The number of carbonyl (C=O) groups excluding carboxylic acids is 1. The van der Waals surface area contributed by atoms with E-state index in [-0.39, 0.29) is 12.5 Å². The van der Waals surface area contributed by atoms with Crippen LogP contribution in [0.25, 0.3) is 0 Å². The van der Waals surface area contributed by atoms with Gasteiger partial charge in [-0.05, 0) is 31.6 Å². The summed E-state index contributed by atoms with van der Waals surface area (Å²) in [5.74, 6) is 0.161. The lowest BCUT2D eigenvalue weighted by Gasteiger charge is -2.36. The quantitative estimate of drug-likeness (QED) is 0.801. The Bertz CT molecular complexity index is 340. The Morgan fingerprint density at radius 3 is 2.55 bits per heavy atom. The predicted octanol–water partition coefficient (Wildman–Crippen LogP) is 1.48. The van der Waals surface area contributed by atoms with Crippen LogP contribution in [0.15, 0.2) is 0 Å². The zero-order chi connectivity index (χ0) is 14.4. The van der Waals surface area contributed by atoms with Crippen LogP contribution in [0.3, 0.4) is 0 Å². The molecule has 20 heavy (non-hydrogen) atoms. The van der Waals surface area contributed by atoms with Gasteiger partial charge in [0.15, 0.2) is 0 Å². The van der Waals surface area contributed by atoms with Crippen LogP contribution in [0.4, 0.5) is 0 Å². The third-order valence-corrected chi connectivity index (χ3v) is 4.49. The molecule has 1 amide bonds. The van der Waals surface area contributed by atoms with E-state index in [1.165, 1.54) is 19.3 Å². The second kappa shape index (κ2) is 7.62. The van der Waals surface area contributed by atoms with Crippen molar-refractivity contribution in [1.82, 2.24) is 10.2 Å². The number of hydrogen-bond acceptors (Lipinski definition) is 3. The molecule has 1 saturated carbocycles. The molecule has 2 fully saturated rings. The second-order valence-corrected chi connectivity index (χ2v) is 6.15. The van der Waals surface area contributed by atoms with Crippen molar-refractivity contribution in [3.05, 3.63) is 0 Å². The van der Waals surface area contributed by atoms with Gasteiger partial charge in [-0.25, -0.2) is 0 Å². The molecule has 2 N–H and O–H groups in total. The van der Waals surface area contributed by atoms with E-state index in [2.05, 4.69) is 5.32 Å². The minimum atomic E-state index is -0.823. The number of nitrogens with one attached hydrogen (secondary N) is 1. The van der Waals surface area contributed by atoms with Gasteiger partial charge in [0.25, 0.3) is 0 Å². The summed E-state index contributed by atoms with van der Waals surface area (Å²) in [5.41, 5.74) is 0.